The maximum absolute atomic E-state index is 12.5. The molecule has 1 unspecified atom stereocenters. The molecule has 0 aliphatic rings. The molecule has 0 radical (unpaired) electrons. The smallest absolute Gasteiger partial charge is 0.259 e. The topological polar surface area (TPSA) is 63.5 Å². The maximum Gasteiger partial charge on any atom is 0.259 e. The highest BCUT2D eigenvalue weighted by atomic mass is 35.5. The van der Waals surface area contributed by atoms with E-state index in [2.05, 4.69) is 23.6 Å². The third-order valence-corrected chi connectivity index (χ3v) is 6.12. The molecular formula is C13H20ClN3O2S2. The average Bonchev–Trinajstić information content (AvgIpc) is 2.98. The van der Waals surface area contributed by atoms with Gasteiger partial charge in [-0.1, -0.05) is 44.7 Å². The Morgan fingerprint density at radius 2 is 2.24 bits per heavy atom. The van der Waals surface area contributed by atoms with Crippen molar-refractivity contribution in [3.8, 4) is 0 Å². The number of thiazole rings is 1. The lowest BCUT2D eigenvalue weighted by Crippen LogP contribution is -2.30. The highest BCUT2D eigenvalue weighted by Gasteiger charge is 2.25. The Morgan fingerprint density at radius 1 is 1.48 bits per heavy atom. The fourth-order valence-electron chi connectivity index (χ4n) is 2.22. The molecule has 2 rings (SSSR count). The van der Waals surface area contributed by atoms with Crippen molar-refractivity contribution >= 4 is 37.9 Å². The van der Waals surface area contributed by atoms with Gasteiger partial charge in [0.2, 0.25) is 0 Å². The predicted octanol–water partition coefficient (Wildman–Crippen LogP) is 3.54. The number of unbranched alkanes of at least 4 members (excludes halogenated alkanes) is 1. The zero-order valence-corrected chi connectivity index (χ0v) is 14.6. The molecule has 0 fully saturated rings. The lowest BCUT2D eigenvalue weighted by atomic mass is 10.00. The Morgan fingerprint density at radius 3 is 2.90 bits per heavy atom. The van der Waals surface area contributed by atoms with Crippen LogP contribution in [0, 0.1) is 5.92 Å². The van der Waals surface area contributed by atoms with Crippen molar-refractivity contribution in [2.24, 2.45) is 5.92 Å². The third-order valence-electron chi connectivity index (χ3n) is 3.54. The Kier molecular flexibility index (Phi) is 5.65. The molecule has 5 nitrogen and oxygen atoms in total. The summed E-state index contributed by atoms with van der Waals surface area (Å²) < 4.78 is 29.1. The summed E-state index contributed by atoms with van der Waals surface area (Å²) in [6.45, 7) is 4.65. The summed E-state index contributed by atoms with van der Waals surface area (Å²) in [6, 6.07) is 0. The highest BCUT2D eigenvalue weighted by Crippen LogP contribution is 2.25. The van der Waals surface area contributed by atoms with E-state index in [9.17, 15) is 8.42 Å². The van der Waals surface area contributed by atoms with Crippen molar-refractivity contribution in [3.63, 3.8) is 0 Å². The van der Waals surface area contributed by atoms with Gasteiger partial charge >= 0.3 is 0 Å². The van der Waals surface area contributed by atoms with E-state index >= 15 is 0 Å². The summed E-state index contributed by atoms with van der Waals surface area (Å²) in [4.78, 5) is 4.65. The Bertz CT molecular complexity index is 693. The van der Waals surface area contributed by atoms with Crippen molar-refractivity contribution < 1.29 is 8.42 Å². The predicted molar refractivity (Wildman–Crippen MR) is 86.6 cm³/mol. The van der Waals surface area contributed by atoms with Crippen LogP contribution in [0.25, 0.3) is 4.96 Å². The van der Waals surface area contributed by atoms with Crippen molar-refractivity contribution in [2.75, 3.05) is 6.54 Å². The van der Waals surface area contributed by atoms with Gasteiger partial charge in [-0.15, -0.1) is 11.3 Å². The van der Waals surface area contributed by atoms with Gasteiger partial charge in [-0.25, -0.2) is 18.1 Å². The first kappa shape index (κ1) is 16.7. The second kappa shape index (κ2) is 7.09. The van der Waals surface area contributed by atoms with Gasteiger partial charge in [-0.2, -0.15) is 0 Å². The van der Waals surface area contributed by atoms with Crippen molar-refractivity contribution in [1.29, 1.82) is 0 Å². The summed E-state index contributed by atoms with van der Waals surface area (Å²) in [5.41, 5.74) is 0. The molecule has 0 aromatic carbocycles. The van der Waals surface area contributed by atoms with Crippen LogP contribution in [0.1, 0.15) is 39.5 Å². The van der Waals surface area contributed by atoms with Gasteiger partial charge in [0.1, 0.15) is 0 Å². The molecule has 8 heteroatoms. The first-order valence-electron chi connectivity index (χ1n) is 7.10. The van der Waals surface area contributed by atoms with Gasteiger partial charge in [0.25, 0.3) is 10.0 Å². The molecule has 1 atom stereocenters. The van der Waals surface area contributed by atoms with Crippen LogP contribution in [0.4, 0.5) is 0 Å². The summed E-state index contributed by atoms with van der Waals surface area (Å²) in [6.07, 6.45) is 5.89. The number of hydrogen-bond acceptors (Lipinski definition) is 4. The van der Waals surface area contributed by atoms with Crippen molar-refractivity contribution in [2.45, 2.75) is 44.6 Å². The van der Waals surface area contributed by atoms with E-state index in [0.29, 0.717) is 17.4 Å². The number of nitrogens with one attached hydrogen (secondary N) is 1. The summed E-state index contributed by atoms with van der Waals surface area (Å²) in [5.74, 6) is 0.351. The van der Waals surface area contributed by atoms with Gasteiger partial charge in [-0.05, 0) is 12.3 Å². The standard InChI is InChI=1S/C13H20ClN3O2S2/c1-3-5-6-10(4-2)9-15-21(18,19)12-11(14)16-13-17(12)7-8-20-13/h7-8,10,15H,3-6,9H2,1-2H3. The largest absolute Gasteiger partial charge is 0.279 e. The number of nitrogens with zero attached hydrogens (tertiary/aromatic N) is 2. The Hall–Kier alpha value is -0.630. The first-order valence-corrected chi connectivity index (χ1v) is 9.84. The molecule has 0 aliphatic heterocycles. The molecule has 0 saturated heterocycles. The number of rotatable bonds is 8. The minimum atomic E-state index is -3.65. The van der Waals surface area contributed by atoms with E-state index in [1.54, 1.807) is 11.6 Å². The average molecular weight is 350 g/mol. The lowest BCUT2D eigenvalue weighted by Gasteiger charge is -2.15. The van der Waals surface area contributed by atoms with Crippen molar-refractivity contribution in [1.82, 2.24) is 14.1 Å². The van der Waals surface area contributed by atoms with Crippen LogP contribution in [0.5, 0.6) is 0 Å². The number of sulfonamides is 1. The number of aromatic nitrogens is 2. The lowest BCUT2D eigenvalue weighted by molar-refractivity contribution is 0.443. The third kappa shape index (κ3) is 3.77. The zero-order valence-electron chi connectivity index (χ0n) is 12.2. The molecule has 0 spiro atoms. The number of imidazole rings is 1. The fourth-order valence-corrected chi connectivity index (χ4v) is 4.78. The van der Waals surface area contributed by atoms with Crippen LogP contribution < -0.4 is 4.72 Å². The van der Waals surface area contributed by atoms with Crippen LogP contribution in [-0.2, 0) is 10.0 Å². The summed E-state index contributed by atoms with van der Waals surface area (Å²) in [7, 11) is -3.65. The molecule has 118 valence electrons. The monoisotopic (exact) mass is 349 g/mol. The molecule has 21 heavy (non-hydrogen) atoms. The van der Waals surface area contributed by atoms with Crippen LogP contribution in [0.15, 0.2) is 16.6 Å². The zero-order chi connectivity index (χ0) is 15.5. The Labute approximate surface area is 134 Å². The quantitative estimate of drug-likeness (QED) is 0.792. The second-order valence-electron chi connectivity index (χ2n) is 5.03. The van der Waals surface area contributed by atoms with E-state index in [1.807, 2.05) is 0 Å². The minimum absolute atomic E-state index is 0.0240. The first-order chi connectivity index (χ1) is 9.99. The molecule has 2 aromatic heterocycles. The van der Waals surface area contributed by atoms with Gasteiger partial charge in [0.05, 0.1) is 0 Å². The van der Waals surface area contributed by atoms with Gasteiger partial charge in [-0.3, -0.25) is 4.40 Å². The van der Waals surface area contributed by atoms with Gasteiger partial charge < -0.3 is 0 Å². The van der Waals surface area contributed by atoms with Gasteiger partial charge in [0, 0.05) is 18.1 Å². The van der Waals surface area contributed by atoms with E-state index in [4.69, 9.17) is 11.6 Å². The normalized spacial score (nSPS) is 13.9. The summed E-state index contributed by atoms with van der Waals surface area (Å²) >= 11 is 7.34. The van der Waals surface area contributed by atoms with E-state index in [1.165, 1.54) is 15.7 Å². The number of halogens is 1. The van der Waals surface area contributed by atoms with E-state index < -0.39 is 10.0 Å². The van der Waals surface area contributed by atoms with Crippen LogP contribution in [0.3, 0.4) is 0 Å². The molecule has 2 heterocycles. The number of hydrogen-bond donors (Lipinski definition) is 1. The van der Waals surface area contributed by atoms with Crippen molar-refractivity contribution in [3.05, 3.63) is 16.7 Å². The van der Waals surface area contributed by atoms with Crippen LogP contribution in [-0.4, -0.2) is 24.3 Å². The molecule has 1 N–H and O–H groups in total. The minimum Gasteiger partial charge on any atom is -0.279 e. The fraction of sp³-hybridized carbons (Fsp3) is 0.615. The maximum atomic E-state index is 12.5. The van der Waals surface area contributed by atoms with Crippen LogP contribution >= 0.6 is 22.9 Å². The molecule has 0 amide bonds. The second-order valence-corrected chi connectivity index (χ2v) is 7.95. The highest BCUT2D eigenvalue weighted by molar-refractivity contribution is 7.89. The Balaban J connectivity index is 2.15. The molecule has 0 aliphatic carbocycles. The molecular weight excluding hydrogens is 330 g/mol. The van der Waals surface area contributed by atoms with Crippen LogP contribution in [0.2, 0.25) is 5.15 Å². The SMILES string of the molecule is CCCCC(CC)CNS(=O)(=O)c1c(Cl)nc2sccn12. The summed E-state index contributed by atoms with van der Waals surface area (Å²) in [5, 5.41) is 1.84. The van der Waals surface area contributed by atoms with E-state index in [-0.39, 0.29) is 10.2 Å². The molecule has 0 saturated carbocycles. The molecule has 2 aromatic rings. The molecule has 0 bridgehead atoms. The number of fused-ring (bicyclic) bond motifs is 1. The van der Waals surface area contributed by atoms with E-state index in [0.717, 1.165) is 25.7 Å². The van der Waals surface area contributed by atoms with Gasteiger partial charge in [0.15, 0.2) is 15.1 Å².